The molecule has 132 valence electrons. The van der Waals surface area contributed by atoms with Gasteiger partial charge >= 0.3 is 0 Å². The highest BCUT2D eigenvalue weighted by atomic mass is 16.5. The molecule has 0 fully saturated rings. The lowest BCUT2D eigenvalue weighted by atomic mass is 10.2. The van der Waals surface area contributed by atoms with Crippen molar-refractivity contribution >= 4 is 17.7 Å². The summed E-state index contributed by atoms with van der Waals surface area (Å²) in [5.41, 5.74) is 1.66. The molecule has 0 bridgehead atoms. The number of carbonyl (C=O) groups excluding carboxylic acids is 1. The minimum absolute atomic E-state index is 0.181. The first kappa shape index (κ1) is 18.6. The molecule has 4 nitrogen and oxygen atoms in total. The average molecular weight is 339 g/mol. The maximum atomic E-state index is 12.1. The Morgan fingerprint density at radius 3 is 2.56 bits per heavy atom. The first-order valence-electron chi connectivity index (χ1n) is 8.66. The van der Waals surface area contributed by atoms with E-state index in [0.717, 1.165) is 35.6 Å². The highest BCUT2D eigenvalue weighted by molar-refractivity contribution is 6.02. The van der Waals surface area contributed by atoms with Crippen LogP contribution in [0.25, 0.3) is 6.08 Å². The van der Waals surface area contributed by atoms with E-state index in [9.17, 15) is 4.79 Å². The lowest BCUT2D eigenvalue weighted by Gasteiger charge is -2.07. The summed E-state index contributed by atoms with van der Waals surface area (Å²) >= 11 is 0. The zero-order valence-electron chi connectivity index (χ0n) is 14.8. The van der Waals surface area contributed by atoms with Gasteiger partial charge in [-0.3, -0.25) is 4.79 Å². The van der Waals surface area contributed by atoms with Crippen molar-refractivity contribution in [3.63, 3.8) is 0 Å². The molecular formula is C21H25NO3. The molecule has 4 heteroatoms. The van der Waals surface area contributed by atoms with Crippen LogP contribution in [0.1, 0.15) is 32.3 Å². The van der Waals surface area contributed by atoms with Crippen molar-refractivity contribution in [3.05, 3.63) is 60.2 Å². The lowest BCUT2D eigenvalue weighted by molar-refractivity contribution is -0.111. The molecule has 0 saturated carbocycles. The average Bonchev–Trinajstić information content (AvgIpc) is 2.62. The molecule has 0 unspecified atom stereocenters. The fourth-order valence-electron chi connectivity index (χ4n) is 2.20. The summed E-state index contributed by atoms with van der Waals surface area (Å²) in [6.45, 7) is 5.39. The van der Waals surface area contributed by atoms with Crippen molar-refractivity contribution in [2.24, 2.45) is 0 Å². The summed E-state index contributed by atoms with van der Waals surface area (Å²) in [6, 6.07) is 15.0. The summed E-state index contributed by atoms with van der Waals surface area (Å²) in [5, 5.41) is 2.84. The second-order valence-corrected chi connectivity index (χ2v) is 5.55. The number of carbonyl (C=O) groups is 1. The van der Waals surface area contributed by atoms with Crippen LogP contribution in [0.15, 0.2) is 54.6 Å². The molecule has 0 aliphatic carbocycles. The SMILES string of the molecule is CCCCOc1cccc(NC(=O)/C=C/c2ccc(OCC)cc2)c1. The molecule has 1 N–H and O–H groups in total. The third-order valence-electron chi connectivity index (χ3n) is 3.49. The maximum absolute atomic E-state index is 12.1. The van der Waals surface area contributed by atoms with Gasteiger partial charge in [0.1, 0.15) is 11.5 Å². The second-order valence-electron chi connectivity index (χ2n) is 5.55. The molecule has 0 heterocycles. The van der Waals surface area contributed by atoms with Crippen LogP contribution in [0.2, 0.25) is 0 Å². The van der Waals surface area contributed by atoms with Crippen molar-refractivity contribution in [2.45, 2.75) is 26.7 Å². The Kier molecular flexibility index (Phi) is 7.57. The van der Waals surface area contributed by atoms with E-state index in [4.69, 9.17) is 9.47 Å². The summed E-state index contributed by atoms with van der Waals surface area (Å²) < 4.78 is 11.0. The van der Waals surface area contributed by atoms with Crippen LogP contribution < -0.4 is 14.8 Å². The molecule has 2 aromatic rings. The molecule has 2 aromatic carbocycles. The predicted octanol–water partition coefficient (Wildman–Crippen LogP) is 4.92. The largest absolute Gasteiger partial charge is 0.494 e. The predicted molar refractivity (Wildman–Crippen MR) is 102 cm³/mol. The van der Waals surface area contributed by atoms with Crippen molar-refractivity contribution in [3.8, 4) is 11.5 Å². The standard InChI is InChI=1S/C21H25NO3/c1-3-5-15-25-20-8-6-7-18(16-20)22-21(23)14-11-17-9-12-19(13-10-17)24-4-2/h6-14,16H,3-5,15H2,1-2H3,(H,22,23)/b14-11+. The highest BCUT2D eigenvalue weighted by Crippen LogP contribution is 2.18. The van der Waals surface area contributed by atoms with Gasteiger partial charge in [-0.25, -0.2) is 0 Å². The zero-order valence-corrected chi connectivity index (χ0v) is 14.8. The highest BCUT2D eigenvalue weighted by Gasteiger charge is 2.01. The number of ether oxygens (including phenoxy) is 2. The zero-order chi connectivity index (χ0) is 17.9. The summed E-state index contributed by atoms with van der Waals surface area (Å²) in [4.78, 5) is 12.1. The number of anilines is 1. The van der Waals surface area contributed by atoms with Crippen LogP contribution in [-0.2, 0) is 4.79 Å². The number of benzene rings is 2. The van der Waals surface area contributed by atoms with Crippen molar-refractivity contribution < 1.29 is 14.3 Å². The van der Waals surface area contributed by atoms with Crippen molar-refractivity contribution in [1.82, 2.24) is 0 Å². The van der Waals surface area contributed by atoms with Crippen LogP contribution in [0.3, 0.4) is 0 Å². The molecule has 0 radical (unpaired) electrons. The van der Waals surface area contributed by atoms with E-state index in [0.29, 0.717) is 13.2 Å². The lowest BCUT2D eigenvalue weighted by Crippen LogP contribution is -2.08. The minimum Gasteiger partial charge on any atom is -0.494 e. The van der Waals surface area contributed by atoms with Crippen molar-refractivity contribution in [2.75, 3.05) is 18.5 Å². The van der Waals surface area contributed by atoms with E-state index in [2.05, 4.69) is 12.2 Å². The van der Waals surface area contributed by atoms with E-state index in [-0.39, 0.29) is 5.91 Å². The van der Waals surface area contributed by atoms with Gasteiger partial charge in [0.2, 0.25) is 5.91 Å². The summed E-state index contributed by atoms with van der Waals surface area (Å²) in [6.07, 6.45) is 5.39. The van der Waals surface area contributed by atoms with Gasteiger partial charge in [-0.05, 0) is 49.2 Å². The third-order valence-corrected chi connectivity index (χ3v) is 3.49. The Balaban J connectivity index is 1.89. The molecule has 1 amide bonds. The van der Waals surface area contributed by atoms with Gasteiger partial charge in [0, 0.05) is 17.8 Å². The van der Waals surface area contributed by atoms with Crippen LogP contribution in [0.4, 0.5) is 5.69 Å². The molecule has 0 aliphatic rings. The van der Waals surface area contributed by atoms with Crippen LogP contribution in [-0.4, -0.2) is 19.1 Å². The summed E-state index contributed by atoms with van der Waals surface area (Å²) in [7, 11) is 0. The molecular weight excluding hydrogens is 314 g/mol. The van der Waals surface area contributed by atoms with E-state index in [1.807, 2.05) is 55.5 Å². The number of rotatable bonds is 9. The number of amides is 1. The van der Waals surface area contributed by atoms with E-state index in [1.54, 1.807) is 6.08 Å². The number of nitrogens with one attached hydrogen (secondary N) is 1. The smallest absolute Gasteiger partial charge is 0.248 e. The van der Waals surface area contributed by atoms with E-state index < -0.39 is 0 Å². The van der Waals surface area contributed by atoms with Crippen LogP contribution in [0, 0.1) is 0 Å². The van der Waals surface area contributed by atoms with Gasteiger partial charge < -0.3 is 14.8 Å². The molecule has 0 aliphatic heterocycles. The van der Waals surface area contributed by atoms with Gasteiger partial charge in [-0.1, -0.05) is 31.5 Å². The first-order valence-corrected chi connectivity index (χ1v) is 8.66. The molecule has 25 heavy (non-hydrogen) atoms. The Morgan fingerprint density at radius 2 is 1.84 bits per heavy atom. The monoisotopic (exact) mass is 339 g/mol. The van der Waals surface area contributed by atoms with Gasteiger partial charge in [0.05, 0.1) is 13.2 Å². The Morgan fingerprint density at radius 1 is 1.04 bits per heavy atom. The normalized spacial score (nSPS) is 10.6. The first-order chi connectivity index (χ1) is 12.2. The van der Waals surface area contributed by atoms with Crippen LogP contribution >= 0.6 is 0 Å². The summed E-state index contributed by atoms with van der Waals surface area (Å²) in [5.74, 6) is 1.41. The van der Waals surface area contributed by atoms with E-state index in [1.165, 1.54) is 6.08 Å². The fraction of sp³-hybridized carbons (Fsp3) is 0.286. The third kappa shape index (κ3) is 6.71. The molecule has 0 atom stereocenters. The molecule has 0 saturated heterocycles. The molecule has 0 spiro atoms. The van der Waals surface area contributed by atoms with Gasteiger partial charge in [-0.2, -0.15) is 0 Å². The number of unbranched alkanes of at least 4 members (excludes halogenated alkanes) is 1. The van der Waals surface area contributed by atoms with E-state index >= 15 is 0 Å². The Labute approximate surface area is 149 Å². The Hall–Kier alpha value is -2.75. The van der Waals surface area contributed by atoms with Gasteiger partial charge in [-0.15, -0.1) is 0 Å². The number of hydrogen-bond donors (Lipinski definition) is 1. The van der Waals surface area contributed by atoms with Crippen molar-refractivity contribution in [1.29, 1.82) is 0 Å². The Bertz CT molecular complexity index is 693. The topological polar surface area (TPSA) is 47.6 Å². The van der Waals surface area contributed by atoms with Gasteiger partial charge in [0.15, 0.2) is 0 Å². The molecule has 0 aromatic heterocycles. The molecule has 2 rings (SSSR count). The van der Waals surface area contributed by atoms with Gasteiger partial charge in [0.25, 0.3) is 0 Å². The fourth-order valence-corrected chi connectivity index (χ4v) is 2.20. The second kappa shape index (κ2) is 10.2. The number of hydrogen-bond acceptors (Lipinski definition) is 3. The quantitative estimate of drug-likeness (QED) is 0.521. The van der Waals surface area contributed by atoms with Crippen LogP contribution in [0.5, 0.6) is 11.5 Å². The maximum Gasteiger partial charge on any atom is 0.248 e. The minimum atomic E-state index is -0.181.